The Morgan fingerprint density at radius 1 is 1.50 bits per heavy atom. The molecule has 0 fully saturated rings. The number of hydrogen-bond donors (Lipinski definition) is 2. The maximum absolute atomic E-state index is 6.20. The van der Waals surface area contributed by atoms with Crippen molar-refractivity contribution in [2.45, 2.75) is 52.8 Å². The molecule has 2 aromatic heterocycles. The van der Waals surface area contributed by atoms with Gasteiger partial charge in [0.1, 0.15) is 10.7 Å². The summed E-state index contributed by atoms with van der Waals surface area (Å²) in [6.45, 7) is 9.89. The summed E-state index contributed by atoms with van der Waals surface area (Å²) in [5, 5.41) is 11.6. The van der Waals surface area contributed by atoms with E-state index < -0.39 is 0 Å². The Morgan fingerprint density at radius 3 is 3.08 bits per heavy atom. The molecule has 1 aliphatic rings. The van der Waals surface area contributed by atoms with Crippen LogP contribution in [0.4, 0.5) is 17.5 Å². The number of fused-ring (bicyclic) bond motifs is 3. The SMILES string of the molecule is CCOC(C)Cn1nc2c(c1C)Nc1ncc(Cl)c(n1)NC(C)CCO2. The minimum absolute atomic E-state index is 0.0563. The smallest absolute Gasteiger partial charge is 0.257 e. The molecule has 9 heteroatoms. The minimum atomic E-state index is 0.0563. The molecule has 2 N–H and O–H groups in total. The molecule has 2 unspecified atom stereocenters. The fourth-order valence-corrected chi connectivity index (χ4v) is 2.95. The van der Waals surface area contributed by atoms with Crippen LogP contribution < -0.4 is 15.4 Å². The molecule has 3 rings (SSSR count). The van der Waals surface area contributed by atoms with Crippen LogP contribution in [-0.2, 0) is 11.3 Å². The summed E-state index contributed by atoms with van der Waals surface area (Å²) in [6, 6.07) is 0.151. The maximum atomic E-state index is 6.20. The third kappa shape index (κ3) is 4.19. The van der Waals surface area contributed by atoms with Crippen LogP contribution >= 0.6 is 11.6 Å². The molecule has 0 saturated carbocycles. The van der Waals surface area contributed by atoms with Gasteiger partial charge in [0.15, 0.2) is 5.82 Å². The van der Waals surface area contributed by atoms with E-state index >= 15 is 0 Å². The highest BCUT2D eigenvalue weighted by molar-refractivity contribution is 6.32. The Bertz CT molecular complexity index is 766. The number of nitrogens with one attached hydrogen (secondary N) is 2. The van der Waals surface area contributed by atoms with Gasteiger partial charge in [-0.15, -0.1) is 5.10 Å². The van der Waals surface area contributed by atoms with Gasteiger partial charge in [0.25, 0.3) is 5.88 Å². The Kier molecular flexibility index (Phi) is 5.83. The molecule has 8 nitrogen and oxygen atoms in total. The first-order valence-corrected chi connectivity index (χ1v) is 9.23. The molecule has 2 bridgehead atoms. The number of halogens is 1. The van der Waals surface area contributed by atoms with Crippen molar-refractivity contribution in [3.05, 3.63) is 16.9 Å². The van der Waals surface area contributed by atoms with Gasteiger partial charge in [-0.1, -0.05) is 11.6 Å². The summed E-state index contributed by atoms with van der Waals surface area (Å²) < 4.78 is 13.5. The topological polar surface area (TPSA) is 86.1 Å². The van der Waals surface area contributed by atoms with Crippen LogP contribution in [0.2, 0.25) is 5.02 Å². The third-order valence-electron chi connectivity index (χ3n) is 4.21. The Labute approximate surface area is 158 Å². The van der Waals surface area contributed by atoms with Gasteiger partial charge < -0.3 is 20.1 Å². The Balaban J connectivity index is 1.94. The van der Waals surface area contributed by atoms with Crippen LogP contribution in [0, 0.1) is 6.92 Å². The second kappa shape index (κ2) is 8.09. The summed E-state index contributed by atoms with van der Waals surface area (Å²) in [5.41, 5.74) is 1.70. The molecule has 3 heterocycles. The van der Waals surface area contributed by atoms with Gasteiger partial charge >= 0.3 is 0 Å². The number of nitrogens with zero attached hydrogens (tertiary/aromatic N) is 4. The van der Waals surface area contributed by atoms with Crippen LogP contribution in [0.5, 0.6) is 5.88 Å². The fraction of sp³-hybridized carbons (Fsp3) is 0.588. The highest BCUT2D eigenvalue weighted by Crippen LogP contribution is 2.32. The molecular formula is C17H25ClN6O2. The average molecular weight is 381 g/mol. The minimum Gasteiger partial charge on any atom is -0.475 e. The lowest BCUT2D eigenvalue weighted by atomic mass is 10.2. The van der Waals surface area contributed by atoms with E-state index in [0.717, 1.165) is 17.8 Å². The van der Waals surface area contributed by atoms with E-state index in [0.29, 0.717) is 42.4 Å². The normalized spacial score (nSPS) is 18.0. The van der Waals surface area contributed by atoms with Gasteiger partial charge in [0.2, 0.25) is 5.95 Å². The molecular weight excluding hydrogens is 356 g/mol. The van der Waals surface area contributed by atoms with Crippen molar-refractivity contribution < 1.29 is 9.47 Å². The van der Waals surface area contributed by atoms with Crippen LogP contribution in [0.1, 0.15) is 32.9 Å². The van der Waals surface area contributed by atoms with E-state index in [1.165, 1.54) is 0 Å². The monoisotopic (exact) mass is 380 g/mol. The second-order valence-corrected chi connectivity index (χ2v) is 6.82. The first-order valence-electron chi connectivity index (χ1n) is 8.85. The summed E-state index contributed by atoms with van der Waals surface area (Å²) in [4.78, 5) is 8.75. The summed E-state index contributed by atoms with van der Waals surface area (Å²) in [6.07, 6.45) is 2.43. The summed E-state index contributed by atoms with van der Waals surface area (Å²) in [5.74, 6) is 1.59. The van der Waals surface area contributed by atoms with Gasteiger partial charge in [-0.3, -0.25) is 4.68 Å². The van der Waals surface area contributed by atoms with Gasteiger partial charge in [-0.2, -0.15) is 4.98 Å². The number of rotatable bonds is 4. The maximum Gasteiger partial charge on any atom is 0.257 e. The highest BCUT2D eigenvalue weighted by Gasteiger charge is 2.21. The third-order valence-corrected chi connectivity index (χ3v) is 4.49. The first kappa shape index (κ1) is 18.7. The van der Waals surface area contributed by atoms with Gasteiger partial charge in [-0.25, -0.2) is 4.98 Å². The molecule has 0 amide bonds. The zero-order valence-corrected chi connectivity index (χ0v) is 16.3. The molecule has 0 spiro atoms. The van der Waals surface area contributed by atoms with Gasteiger partial charge in [0.05, 0.1) is 31.1 Å². The molecule has 1 aliphatic heterocycles. The summed E-state index contributed by atoms with van der Waals surface area (Å²) >= 11 is 6.20. The standard InChI is InChI=1S/C17H25ClN6O2/c1-5-25-11(3)9-24-12(4)14-16(23-24)26-7-6-10(2)20-15-13(18)8-19-17(21-14)22-15/h8,10-11H,5-7,9H2,1-4H3,(H2,19,20,21,22). The number of aromatic nitrogens is 4. The second-order valence-electron chi connectivity index (χ2n) is 6.41. The number of ether oxygens (including phenoxy) is 2. The molecule has 0 aliphatic carbocycles. The van der Waals surface area contributed by atoms with E-state index in [4.69, 9.17) is 21.1 Å². The fourth-order valence-electron chi connectivity index (χ4n) is 2.80. The highest BCUT2D eigenvalue weighted by atomic mass is 35.5. The molecule has 0 aromatic carbocycles. The van der Waals surface area contributed by atoms with Crippen LogP contribution in [0.15, 0.2) is 6.20 Å². The van der Waals surface area contributed by atoms with Crippen molar-refractivity contribution in [3.63, 3.8) is 0 Å². The van der Waals surface area contributed by atoms with Gasteiger partial charge in [0, 0.05) is 19.1 Å². The lowest BCUT2D eigenvalue weighted by Gasteiger charge is -2.15. The predicted molar refractivity (Wildman–Crippen MR) is 102 cm³/mol. The zero-order chi connectivity index (χ0) is 18.7. The van der Waals surface area contributed by atoms with Crippen molar-refractivity contribution in [2.24, 2.45) is 0 Å². The average Bonchev–Trinajstić information content (AvgIpc) is 2.85. The van der Waals surface area contributed by atoms with Crippen molar-refractivity contribution in [1.82, 2.24) is 19.7 Å². The molecule has 0 saturated heterocycles. The van der Waals surface area contributed by atoms with E-state index in [-0.39, 0.29) is 12.1 Å². The van der Waals surface area contributed by atoms with Crippen molar-refractivity contribution in [2.75, 3.05) is 23.8 Å². The predicted octanol–water partition coefficient (Wildman–Crippen LogP) is 3.39. The van der Waals surface area contributed by atoms with E-state index in [2.05, 4.69) is 32.6 Å². The number of anilines is 3. The molecule has 2 atom stereocenters. The number of hydrogen-bond acceptors (Lipinski definition) is 7. The lowest BCUT2D eigenvalue weighted by molar-refractivity contribution is 0.0607. The largest absolute Gasteiger partial charge is 0.475 e. The van der Waals surface area contributed by atoms with E-state index in [1.807, 2.05) is 25.5 Å². The van der Waals surface area contributed by atoms with Crippen LogP contribution in [0.3, 0.4) is 0 Å². The molecule has 26 heavy (non-hydrogen) atoms. The zero-order valence-electron chi connectivity index (χ0n) is 15.5. The molecule has 2 aromatic rings. The quantitative estimate of drug-likeness (QED) is 0.840. The first-order chi connectivity index (χ1) is 12.5. The van der Waals surface area contributed by atoms with Crippen molar-refractivity contribution >= 4 is 29.1 Å². The lowest BCUT2D eigenvalue weighted by Crippen LogP contribution is -2.20. The van der Waals surface area contributed by atoms with Crippen molar-refractivity contribution in [3.8, 4) is 5.88 Å². The van der Waals surface area contributed by atoms with Gasteiger partial charge in [-0.05, 0) is 27.7 Å². The Hall–Kier alpha value is -2.06. The summed E-state index contributed by atoms with van der Waals surface area (Å²) in [7, 11) is 0. The molecule has 0 radical (unpaired) electrons. The van der Waals surface area contributed by atoms with Crippen molar-refractivity contribution in [1.29, 1.82) is 0 Å². The Morgan fingerprint density at radius 2 is 2.31 bits per heavy atom. The molecule has 142 valence electrons. The van der Waals surface area contributed by atoms with E-state index in [9.17, 15) is 0 Å². The van der Waals surface area contributed by atoms with Crippen LogP contribution in [0.25, 0.3) is 0 Å². The van der Waals surface area contributed by atoms with Crippen LogP contribution in [-0.4, -0.2) is 45.1 Å². The van der Waals surface area contributed by atoms with E-state index in [1.54, 1.807) is 6.20 Å².